The minimum atomic E-state index is -0.0943. The van der Waals surface area contributed by atoms with Gasteiger partial charge in [-0.05, 0) is 31.2 Å². The Labute approximate surface area is 173 Å². The van der Waals surface area contributed by atoms with Crippen molar-refractivity contribution in [3.63, 3.8) is 0 Å². The average Bonchev–Trinajstić information content (AvgIpc) is 3.10. The standard InChI is InChI=1S/C22H34N2O3S/c1-3-5-7-17(4-2)16-27-20(25)11-15-28-19-9-12-23-22-21(19)26-14-10-18-8-6-13-24(18)22/h9,12,17-18H,3-8,10-11,13-16H2,1-2H3. The van der Waals surface area contributed by atoms with Crippen LogP contribution in [0.25, 0.3) is 0 Å². The van der Waals surface area contributed by atoms with Crippen molar-refractivity contribution in [2.75, 3.05) is 30.4 Å². The number of unbranched alkanes of at least 4 members (excludes halogenated alkanes) is 1. The fourth-order valence-corrected chi connectivity index (χ4v) is 4.94. The van der Waals surface area contributed by atoms with E-state index in [0.717, 1.165) is 48.9 Å². The molecule has 28 heavy (non-hydrogen) atoms. The lowest BCUT2D eigenvalue weighted by molar-refractivity contribution is -0.144. The first-order valence-electron chi connectivity index (χ1n) is 10.9. The maximum absolute atomic E-state index is 12.1. The predicted octanol–water partition coefficient (Wildman–Crippen LogP) is 5.07. The minimum Gasteiger partial charge on any atom is -0.488 e. The van der Waals surface area contributed by atoms with E-state index in [1.165, 1.54) is 25.7 Å². The molecule has 2 unspecified atom stereocenters. The molecule has 0 bridgehead atoms. The Balaban J connectivity index is 1.49. The number of carbonyl (C=O) groups is 1. The van der Waals surface area contributed by atoms with Crippen LogP contribution in [-0.2, 0) is 9.53 Å². The van der Waals surface area contributed by atoms with Gasteiger partial charge in [0.15, 0.2) is 11.6 Å². The zero-order valence-electron chi connectivity index (χ0n) is 17.3. The highest BCUT2D eigenvalue weighted by molar-refractivity contribution is 7.99. The van der Waals surface area contributed by atoms with E-state index in [1.807, 2.05) is 12.3 Å². The number of ether oxygens (including phenoxy) is 2. The van der Waals surface area contributed by atoms with E-state index in [2.05, 4.69) is 23.7 Å². The van der Waals surface area contributed by atoms with Gasteiger partial charge in [-0.2, -0.15) is 0 Å². The molecule has 5 nitrogen and oxygen atoms in total. The molecular formula is C22H34N2O3S. The Kier molecular flexibility index (Phi) is 8.31. The minimum absolute atomic E-state index is 0.0943. The number of nitrogens with zero attached hydrogens (tertiary/aromatic N) is 2. The van der Waals surface area contributed by atoms with Crippen LogP contribution in [0.5, 0.6) is 5.75 Å². The van der Waals surface area contributed by atoms with Crippen molar-refractivity contribution in [1.29, 1.82) is 0 Å². The van der Waals surface area contributed by atoms with Crippen LogP contribution >= 0.6 is 11.8 Å². The van der Waals surface area contributed by atoms with Crippen LogP contribution in [0.3, 0.4) is 0 Å². The second-order valence-corrected chi connectivity index (χ2v) is 8.92. The molecule has 2 aliphatic heterocycles. The van der Waals surface area contributed by atoms with E-state index in [-0.39, 0.29) is 5.97 Å². The lowest BCUT2D eigenvalue weighted by Crippen LogP contribution is -2.29. The fraction of sp³-hybridized carbons (Fsp3) is 0.727. The molecule has 1 aromatic rings. The predicted molar refractivity (Wildman–Crippen MR) is 114 cm³/mol. The number of hydrogen-bond acceptors (Lipinski definition) is 6. The second kappa shape index (κ2) is 10.9. The van der Waals surface area contributed by atoms with E-state index in [4.69, 9.17) is 9.47 Å². The van der Waals surface area contributed by atoms with Crippen LogP contribution in [0.15, 0.2) is 17.2 Å². The lowest BCUT2D eigenvalue weighted by atomic mass is 10.0. The summed E-state index contributed by atoms with van der Waals surface area (Å²) >= 11 is 1.67. The van der Waals surface area contributed by atoms with Gasteiger partial charge in [0.2, 0.25) is 0 Å². The van der Waals surface area contributed by atoms with E-state index < -0.39 is 0 Å². The molecule has 0 N–H and O–H groups in total. The quantitative estimate of drug-likeness (QED) is 0.399. The maximum Gasteiger partial charge on any atom is 0.306 e. The normalized spacial score (nSPS) is 19.4. The summed E-state index contributed by atoms with van der Waals surface area (Å²) in [5.74, 6) is 2.98. The van der Waals surface area contributed by atoms with E-state index in [9.17, 15) is 4.79 Å². The topological polar surface area (TPSA) is 51.7 Å². The van der Waals surface area contributed by atoms with Gasteiger partial charge in [0.05, 0.1) is 24.5 Å². The highest BCUT2D eigenvalue weighted by Crippen LogP contribution is 2.41. The molecule has 3 heterocycles. The second-order valence-electron chi connectivity index (χ2n) is 7.79. The molecule has 1 fully saturated rings. The number of aromatic nitrogens is 1. The zero-order chi connectivity index (χ0) is 19.8. The van der Waals surface area contributed by atoms with Gasteiger partial charge < -0.3 is 14.4 Å². The van der Waals surface area contributed by atoms with Gasteiger partial charge >= 0.3 is 5.97 Å². The molecule has 2 atom stereocenters. The summed E-state index contributed by atoms with van der Waals surface area (Å²) in [4.78, 5) is 20.2. The monoisotopic (exact) mass is 406 g/mol. The third kappa shape index (κ3) is 5.56. The van der Waals surface area contributed by atoms with Crippen LogP contribution in [0.1, 0.15) is 65.2 Å². The molecule has 3 rings (SSSR count). The molecule has 156 valence electrons. The third-order valence-electron chi connectivity index (χ3n) is 5.78. The van der Waals surface area contributed by atoms with E-state index >= 15 is 0 Å². The summed E-state index contributed by atoms with van der Waals surface area (Å²) in [5.41, 5.74) is 0. The van der Waals surface area contributed by atoms with Gasteiger partial charge in [-0.15, -0.1) is 11.8 Å². The SMILES string of the molecule is CCCCC(CC)COC(=O)CCSc1ccnc2c1OCCC1CCCN21. The van der Waals surface area contributed by atoms with Gasteiger partial charge in [0.1, 0.15) is 0 Å². The highest BCUT2D eigenvalue weighted by atomic mass is 32.2. The van der Waals surface area contributed by atoms with E-state index in [0.29, 0.717) is 30.7 Å². The molecule has 1 aromatic heterocycles. The Morgan fingerprint density at radius 1 is 1.43 bits per heavy atom. The molecule has 0 amide bonds. The van der Waals surface area contributed by atoms with Gasteiger partial charge in [0.25, 0.3) is 0 Å². The van der Waals surface area contributed by atoms with Crippen LogP contribution < -0.4 is 9.64 Å². The Morgan fingerprint density at radius 3 is 3.14 bits per heavy atom. The third-order valence-corrected chi connectivity index (χ3v) is 6.82. The largest absolute Gasteiger partial charge is 0.488 e. The molecular weight excluding hydrogens is 372 g/mol. The smallest absolute Gasteiger partial charge is 0.306 e. The van der Waals surface area contributed by atoms with Gasteiger partial charge in [-0.25, -0.2) is 4.98 Å². The number of thioether (sulfide) groups is 1. The van der Waals surface area contributed by atoms with Crippen molar-refractivity contribution < 1.29 is 14.3 Å². The zero-order valence-corrected chi connectivity index (χ0v) is 18.1. The number of anilines is 1. The Hall–Kier alpha value is -1.43. The van der Waals surface area contributed by atoms with Crippen molar-refractivity contribution in [1.82, 2.24) is 4.98 Å². The number of hydrogen-bond donors (Lipinski definition) is 0. The first-order chi connectivity index (χ1) is 13.7. The van der Waals surface area contributed by atoms with Crippen molar-refractivity contribution in [3.05, 3.63) is 12.3 Å². The summed E-state index contributed by atoms with van der Waals surface area (Å²) in [6, 6.07) is 2.56. The van der Waals surface area contributed by atoms with Crippen LogP contribution in [0.4, 0.5) is 5.82 Å². The molecule has 0 saturated carbocycles. The number of rotatable bonds is 10. The van der Waals surface area contributed by atoms with Crippen LogP contribution in [-0.4, -0.2) is 42.5 Å². The van der Waals surface area contributed by atoms with Crippen molar-refractivity contribution in [2.24, 2.45) is 5.92 Å². The number of carbonyl (C=O) groups excluding carboxylic acids is 1. The summed E-state index contributed by atoms with van der Waals surface area (Å²) in [5, 5.41) is 0. The lowest BCUT2D eigenvalue weighted by Gasteiger charge is -2.23. The van der Waals surface area contributed by atoms with Gasteiger partial charge in [-0.1, -0.05) is 33.1 Å². The summed E-state index contributed by atoms with van der Waals surface area (Å²) in [7, 11) is 0. The summed E-state index contributed by atoms with van der Waals surface area (Å²) in [6.45, 7) is 6.73. The van der Waals surface area contributed by atoms with Crippen LogP contribution in [0.2, 0.25) is 0 Å². The summed E-state index contributed by atoms with van der Waals surface area (Å²) < 4.78 is 11.6. The number of fused-ring (bicyclic) bond motifs is 3. The molecule has 1 saturated heterocycles. The van der Waals surface area contributed by atoms with Gasteiger partial charge in [-0.3, -0.25) is 4.79 Å². The first kappa shape index (κ1) is 21.3. The van der Waals surface area contributed by atoms with Crippen molar-refractivity contribution in [3.8, 4) is 5.75 Å². The van der Waals surface area contributed by atoms with Gasteiger partial charge in [0, 0.05) is 31.0 Å². The number of pyridine rings is 1. The molecule has 0 radical (unpaired) electrons. The maximum atomic E-state index is 12.1. The molecule has 0 aromatic carbocycles. The molecule has 0 spiro atoms. The van der Waals surface area contributed by atoms with E-state index in [1.54, 1.807) is 11.8 Å². The molecule has 6 heteroatoms. The van der Waals surface area contributed by atoms with Crippen molar-refractivity contribution >= 4 is 23.5 Å². The fourth-order valence-electron chi connectivity index (χ4n) is 4.01. The summed E-state index contributed by atoms with van der Waals surface area (Å²) in [6.07, 6.45) is 10.4. The molecule has 2 aliphatic rings. The average molecular weight is 407 g/mol. The highest BCUT2D eigenvalue weighted by Gasteiger charge is 2.31. The van der Waals surface area contributed by atoms with Crippen molar-refractivity contribution in [2.45, 2.75) is 76.2 Å². The van der Waals surface area contributed by atoms with Crippen LogP contribution in [0, 0.1) is 5.92 Å². The molecule has 0 aliphatic carbocycles. The first-order valence-corrected chi connectivity index (χ1v) is 11.9. The Morgan fingerprint density at radius 2 is 2.32 bits per heavy atom. The number of esters is 1. The Bertz CT molecular complexity index is 640.